The molecule has 33 heavy (non-hydrogen) atoms. The van der Waals surface area contributed by atoms with Crippen LogP contribution in [0.4, 0.5) is 0 Å². The van der Waals surface area contributed by atoms with Crippen LogP contribution in [0.1, 0.15) is 29.3 Å². The van der Waals surface area contributed by atoms with Gasteiger partial charge in [0.15, 0.2) is 6.61 Å². The number of carbonyl (C=O) groups excluding carboxylic acids is 2. The van der Waals surface area contributed by atoms with Crippen molar-refractivity contribution in [2.45, 2.75) is 24.3 Å². The summed E-state index contributed by atoms with van der Waals surface area (Å²) in [5, 5.41) is 5.88. The number of esters is 1. The fourth-order valence-corrected chi connectivity index (χ4v) is 4.33. The number of aryl methyl sites for hydroxylation is 1. The Morgan fingerprint density at radius 2 is 1.91 bits per heavy atom. The van der Waals surface area contributed by atoms with Crippen LogP contribution >= 0.6 is 11.8 Å². The number of amides is 1. The molecule has 2 heterocycles. The lowest BCUT2D eigenvalue weighted by Gasteiger charge is -2.19. The first-order valence-corrected chi connectivity index (χ1v) is 11.4. The zero-order chi connectivity index (χ0) is 23.2. The molecule has 0 fully saturated rings. The number of benzene rings is 2. The van der Waals surface area contributed by atoms with Crippen LogP contribution in [-0.2, 0) is 14.3 Å². The van der Waals surface area contributed by atoms with E-state index < -0.39 is 17.9 Å². The van der Waals surface area contributed by atoms with E-state index in [1.807, 2.05) is 61.5 Å². The summed E-state index contributed by atoms with van der Waals surface area (Å²) in [6.07, 6.45) is 2.05. The zero-order valence-corrected chi connectivity index (χ0v) is 19.2. The second kappa shape index (κ2) is 10.4. The lowest BCUT2D eigenvalue weighted by Crippen LogP contribution is -2.31. The zero-order valence-electron chi connectivity index (χ0n) is 18.4. The minimum absolute atomic E-state index is 0.125. The fraction of sp³-hybridized carbons (Fsp3) is 0.240. The molecule has 1 unspecified atom stereocenters. The third-order valence-electron chi connectivity index (χ3n) is 5.26. The van der Waals surface area contributed by atoms with Crippen LogP contribution in [0.3, 0.4) is 0 Å². The highest BCUT2D eigenvalue weighted by atomic mass is 32.2. The van der Waals surface area contributed by atoms with Crippen LogP contribution < -0.4 is 4.74 Å². The number of furan rings is 1. The lowest BCUT2D eigenvalue weighted by molar-refractivity contribution is -0.150. The molecule has 0 saturated carbocycles. The lowest BCUT2D eigenvalue weighted by atomic mass is 10.0. The van der Waals surface area contributed by atoms with Gasteiger partial charge in [0.1, 0.15) is 17.6 Å². The SMILES string of the molecule is COc1ccc(C2=NN(C(=O)COC(=O)CSc3ccccc3C)C(c3ccco3)C2)cc1. The molecule has 2 aromatic carbocycles. The standard InChI is InChI=1S/C25H24N2O5S/c1-17-6-3-4-8-23(17)33-16-25(29)32-15-24(28)27-21(22-7-5-13-31-22)14-20(26-27)18-9-11-19(30-2)12-10-18/h3-13,21H,14-16H2,1-2H3. The fourth-order valence-electron chi connectivity index (χ4n) is 3.51. The Bertz CT molecular complexity index is 1140. The molecule has 0 bridgehead atoms. The largest absolute Gasteiger partial charge is 0.497 e. The van der Waals surface area contributed by atoms with Crippen LogP contribution in [0.2, 0.25) is 0 Å². The van der Waals surface area contributed by atoms with Gasteiger partial charge < -0.3 is 13.9 Å². The second-order valence-corrected chi connectivity index (χ2v) is 8.48. The van der Waals surface area contributed by atoms with E-state index in [4.69, 9.17) is 13.9 Å². The molecule has 0 spiro atoms. The van der Waals surface area contributed by atoms with Crippen LogP contribution in [-0.4, -0.2) is 42.1 Å². The van der Waals surface area contributed by atoms with Crippen LogP contribution in [0.5, 0.6) is 5.75 Å². The molecule has 1 atom stereocenters. The van der Waals surface area contributed by atoms with Crippen molar-refractivity contribution in [3.05, 3.63) is 83.8 Å². The van der Waals surface area contributed by atoms with Gasteiger partial charge in [-0.25, -0.2) is 5.01 Å². The normalized spacial score (nSPS) is 15.3. The van der Waals surface area contributed by atoms with Crippen LogP contribution in [0, 0.1) is 6.92 Å². The Hall–Kier alpha value is -3.52. The molecule has 170 valence electrons. The Balaban J connectivity index is 1.41. The molecule has 1 aliphatic rings. The van der Waals surface area contributed by atoms with Gasteiger partial charge in [0.25, 0.3) is 5.91 Å². The van der Waals surface area contributed by atoms with Crippen molar-refractivity contribution in [2.75, 3.05) is 19.5 Å². The van der Waals surface area contributed by atoms with E-state index in [1.54, 1.807) is 19.4 Å². The summed E-state index contributed by atoms with van der Waals surface area (Å²) in [7, 11) is 1.61. The number of rotatable bonds is 8. The van der Waals surface area contributed by atoms with Crippen molar-refractivity contribution >= 4 is 29.4 Å². The van der Waals surface area contributed by atoms with Crippen LogP contribution in [0.15, 0.2) is 81.3 Å². The van der Waals surface area contributed by atoms with Gasteiger partial charge in [-0.05, 0) is 60.5 Å². The predicted octanol–water partition coefficient (Wildman–Crippen LogP) is 4.61. The Morgan fingerprint density at radius 1 is 1.12 bits per heavy atom. The van der Waals surface area contributed by atoms with Crippen molar-refractivity contribution in [3.8, 4) is 5.75 Å². The topological polar surface area (TPSA) is 81.3 Å². The molecular weight excluding hydrogens is 440 g/mol. The number of nitrogens with zero attached hydrogens (tertiary/aromatic N) is 2. The third kappa shape index (κ3) is 5.46. The molecule has 4 rings (SSSR count). The maximum Gasteiger partial charge on any atom is 0.316 e. The summed E-state index contributed by atoms with van der Waals surface area (Å²) in [4.78, 5) is 26.2. The molecular formula is C25H24N2O5S. The smallest absolute Gasteiger partial charge is 0.316 e. The first-order chi connectivity index (χ1) is 16.0. The summed E-state index contributed by atoms with van der Waals surface area (Å²) >= 11 is 1.39. The molecule has 3 aromatic rings. The minimum Gasteiger partial charge on any atom is -0.497 e. The maximum atomic E-state index is 12.9. The number of methoxy groups -OCH3 is 1. The van der Waals surface area contributed by atoms with E-state index in [2.05, 4.69) is 5.10 Å². The van der Waals surface area contributed by atoms with Gasteiger partial charge in [-0.15, -0.1) is 11.8 Å². The molecule has 1 aliphatic heterocycles. The average Bonchev–Trinajstić information content (AvgIpc) is 3.52. The highest BCUT2D eigenvalue weighted by Gasteiger charge is 2.35. The monoisotopic (exact) mass is 464 g/mol. The van der Waals surface area contributed by atoms with E-state index in [0.717, 1.165) is 27.5 Å². The Labute approximate surface area is 196 Å². The number of thioether (sulfide) groups is 1. The van der Waals surface area contributed by atoms with E-state index in [1.165, 1.54) is 16.8 Å². The van der Waals surface area contributed by atoms with Gasteiger partial charge >= 0.3 is 5.97 Å². The van der Waals surface area contributed by atoms with E-state index >= 15 is 0 Å². The quantitative estimate of drug-likeness (QED) is 0.358. The summed E-state index contributed by atoms with van der Waals surface area (Å²) < 4.78 is 16.0. The van der Waals surface area contributed by atoms with E-state index in [9.17, 15) is 9.59 Å². The van der Waals surface area contributed by atoms with Crippen molar-refractivity contribution in [3.63, 3.8) is 0 Å². The summed E-state index contributed by atoms with van der Waals surface area (Å²) in [5.41, 5.74) is 2.72. The molecule has 1 aromatic heterocycles. The number of hydrogen-bond acceptors (Lipinski definition) is 7. The van der Waals surface area contributed by atoms with Crippen LogP contribution in [0.25, 0.3) is 0 Å². The summed E-state index contributed by atoms with van der Waals surface area (Å²) in [6, 6.07) is 18.5. The first kappa shape index (κ1) is 22.7. The number of hydrazone groups is 1. The van der Waals surface area contributed by atoms with Gasteiger partial charge in [0.05, 0.1) is 24.8 Å². The van der Waals surface area contributed by atoms with Crippen molar-refractivity contribution in [1.29, 1.82) is 0 Å². The minimum atomic E-state index is -0.454. The Kier molecular flexibility index (Phi) is 7.14. The molecule has 0 radical (unpaired) electrons. The maximum absolute atomic E-state index is 12.9. The molecule has 0 N–H and O–H groups in total. The second-order valence-electron chi connectivity index (χ2n) is 7.46. The number of ether oxygens (including phenoxy) is 2. The predicted molar refractivity (Wildman–Crippen MR) is 125 cm³/mol. The highest BCUT2D eigenvalue weighted by molar-refractivity contribution is 8.00. The Morgan fingerprint density at radius 3 is 2.61 bits per heavy atom. The molecule has 1 amide bonds. The number of hydrogen-bond donors (Lipinski definition) is 0. The molecule has 0 aliphatic carbocycles. The molecule has 8 heteroatoms. The van der Waals surface area contributed by atoms with Crippen molar-refractivity contribution in [1.82, 2.24) is 5.01 Å². The van der Waals surface area contributed by atoms with E-state index in [0.29, 0.717) is 12.2 Å². The van der Waals surface area contributed by atoms with Gasteiger partial charge in [-0.3, -0.25) is 9.59 Å². The van der Waals surface area contributed by atoms with E-state index in [-0.39, 0.29) is 12.4 Å². The van der Waals surface area contributed by atoms with Gasteiger partial charge in [0, 0.05) is 11.3 Å². The number of carbonyl (C=O) groups is 2. The van der Waals surface area contributed by atoms with Crippen molar-refractivity contribution in [2.24, 2.45) is 5.10 Å². The molecule has 7 nitrogen and oxygen atoms in total. The molecule has 0 saturated heterocycles. The highest BCUT2D eigenvalue weighted by Crippen LogP contribution is 2.33. The van der Waals surface area contributed by atoms with Gasteiger partial charge in [0.2, 0.25) is 0 Å². The average molecular weight is 465 g/mol. The third-order valence-corrected chi connectivity index (χ3v) is 6.41. The summed E-state index contributed by atoms with van der Waals surface area (Å²) in [6.45, 7) is 1.60. The first-order valence-electron chi connectivity index (χ1n) is 10.5. The van der Waals surface area contributed by atoms with Gasteiger partial charge in [-0.2, -0.15) is 5.10 Å². The summed E-state index contributed by atoms with van der Waals surface area (Å²) in [5.74, 6) is 0.624. The van der Waals surface area contributed by atoms with Crippen molar-refractivity contribution < 1.29 is 23.5 Å². The van der Waals surface area contributed by atoms with Gasteiger partial charge in [-0.1, -0.05) is 18.2 Å².